The van der Waals surface area contributed by atoms with Gasteiger partial charge in [-0.15, -0.1) is 11.8 Å². The molecule has 0 radical (unpaired) electrons. The van der Waals surface area contributed by atoms with E-state index in [1.165, 1.54) is 30.4 Å². The largest absolute Gasteiger partial charge is 0.358 e. The summed E-state index contributed by atoms with van der Waals surface area (Å²) in [6, 6.07) is 8.97. The van der Waals surface area contributed by atoms with E-state index in [4.69, 9.17) is 4.74 Å². The first kappa shape index (κ1) is 13.2. The zero-order valence-corrected chi connectivity index (χ0v) is 13.7. The number of hydrogen-bond acceptors (Lipinski definition) is 2. The van der Waals surface area contributed by atoms with Gasteiger partial charge in [0.15, 0.2) is 0 Å². The van der Waals surface area contributed by atoms with Crippen LogP contribution in [0.1, 0.15) is 58.1 Å². The Balaban J connectivity index is 1.89. The van der Waals surface area contributed by atoms with Gasteiger partial charge in [-0.3, -0.25) is 0 Å². The van der Waals surface area contributed by atoms with Gasteiger partial charge in [0.25, 0.3) is 0 Å². The maximum atomic E-state index is 6.81. The van der Waals surface area contributed by atoms with Crippen molar-refractivity contribution in [1.82, 2.24) is 0 Å². The monoisotopic (exact) mass is 288 g/mol. The Morgan fingerprint density at radius 1 is 1.00 bits per heavy atom. The first-order chi connectivity index (χ1) is 9.40. The van der Waals surface area contributed by atoms with E-state index in [1.54, 1.807) is 0 Å². The van der Waals surface area contributed by atoms with Crippen molar-refractivity contribution in [2.24, 2.45) is 0 Å². The van der Waals surface area contributed by atoms with E-state index in [1.807, 2.05) is 0 Å². The van der Waals surface area contributed by atoms with Crippen molar-refractivity contribution in [3.05, 3.63) is 35.4 Å². The van der Waals surface area contributed by atoms with Crippen molar-refractivity contribution in [2.75, 3.05) is 0 Å². The Hall–Kier alpha value is -0.470. The van der Waals surface area contributed by atoms with E-state index < -0.39 is 0 Å². The third-order valence-electron chi connectivity index (χ3n) is 5.95. The van der Waals surface area contributed by atoms with Crippen LogP contribution in [0, 0.1) is 0 Å². The van der Waals surface area contributed by atoms with Gasteiger partial charge in [-0.05, 0) is 30.4 Å². The minimum atomic E-state index is -0.0978. The molecule has 2 atom stereocenters. The van der Waals surface area contributed by atoms with Crippen molar-refractivity contribution in [3.8, 4) is 0 Å². The second-order valence-electron chi connectivity index (χ2n) is 7.66. The van der Waals surface area contributed by atoms with Crippen LogP contribution in [0.25, 0.3) is 0 Å². The molecule has 1 aromatic rings. The van der Waals surface area contributed by atoms with Crippen molar-refractivity contribution in [2.45, 2.75) is 74.1 Å². The molecule has 1 saturated carbocycles. The third kappa shape index (κ3) is 1.31. The molecule has 0 bridgehead atoms. The van der Waals surface area contributed by atoms with Gasteiger partial charge < -0.3 is 4.74 Å². The van der Waals surface area contributed by atoms with Crippen LogP contribution >= 0.6 is 11.8 Å². The van der Waals surface area contributed by atoms with E-state index >= 15 is 0 Å². The molecule has 1 nitrogen and oxygen atoms in total. The molecule has 20 heavy (non-hydrogen) atoms. The highest BCUT2D eigenvalue weighted by Gasteiger charge is 2.69. The molecule has 4 rings (SSSR count). The molecule has 2 heteroatoms. The topological polar surface area (TPSA) is 9.23 Å². The summed E-state index contributed by atoms with van der Waals surface area (Å²) in [5.41, 5.74) is 3.11. The van der Waals surface area contributed by atoms with E-state index in [9.17, 15) is 0 Å². The number of hydrogen-bond donors (Lipinski definition) is 0. The summed E-state index contributed by atoms with van der Waals surface area (Å²) >= 11 is 2.14. The fourth-order valence-electron chi connectivity index (χ4n) is 4.91. The molecule has 0 aromatic heterocycles. The number of ether oxygens (including phenoxy) is 1. The van der Waals surface area contributed by atoms with Crippen molar-refractivity contribution in [1.29, 1.82) is 0 Å². The van der Waals surface area contributed by atoms with Gasteiger partial charge in [-0.2, -0.15) is 0 Å². The van der Waals surface area contributed by atoms with Gasteiger partial charge >= 0.3 is 0 Å². The Labute approximate surface area is 126 Å². The summed E-state index contributed by atoms with van der Waals surface area (Å²) in [7, 11) is 0. The third-order valence-corrected chi connectivity index (χ3v) is 8.24. The first-order valence-electron chi connectivity index (χ1n) is 7.86. The molecule has 0 N–H and O–H groups in total. The van der Waals surface area contributed by atoms with Gasteiger partial charge in [0.05, 0.1) is 6.10 Å². The lowest BCUT2D eigenvalue weighted by atomic mass is 9.77. The van der Waals surface area contributed by atoms with Crippen molar-refractivity contribution < 1.29 is 4.74 Å². The minimum Gasteiger partial charge on any atom is -0.358 e. The summed E-state index contributed by atoms with van der Waals surface area (Å²) in [5, 5.41) is 0.711. The summed E-state index contributed by atoms with van der Waals surface area (Å²) in [6.45, 7) is 9.53. The Kier molecular flexibility index (Phi) is 2.53. The molecular weight excluding hydrogens is 264 g/mol. The number of rotatable bonds is 0. The second kappa shape index (κ2) is 3.84. The molecule has 0 amide bonds. The molecule has 3 aliphatic rings. The lowest BCUT2D eigenvalue weighted by molar-refractivity contribution is -0.0767. The van der Waals surface area contributed by atoms with Crippen LogP contribution in [0.2, 0.25) is 0 Å². The smallest absolute Gasteiger partial charge is 0.132 e. The average molecular weight is 288 g/mol. The number of benzene rings is 1. The summed E-state index contributed by atoms with van der Waals surface area (Å²) in [6.07, 6.45) is 4.40. The molecule has 1 aliphatic heterocycles. The van der Waals surface area contributed by atoms with Gasteiger partial charge in [-0.1, -0.05) is 52.0 Å². The summed E-state index contributed by atoms with van der Waals surface area (Å²) in [4.78, 5) is -0.0978. The molecule has 108 valence electrons. The molecule has 1 spiro atoms. The number of thioether (sulfide) groups is 1. The minimum absolute atomic E-state index is 0.0715. The molecule has 2 fully saturated rings. The van der Waals surface area contributed by atoms with Crippen molar-refractivity contribution in [3.63, 3.8) is 0 Å². The lowest BCUT2D eigenvalue weighted by Gasteiger charge is -2.46. The van der Waals surface area contributed by atoms with E-state index in [2.05, 4.69) is 63.7 Å². The van der Waals surface area contributed by atoms with Gasteiger partial charge in [0.2, 0.25) is 0 Å². The predicted octanol–water partition coefficient (Wildman–Crippen LogP) is 4.64. The van der Waals surface area contributed by atoms with E-state index in [-0.39, 0.29) is 15.8 Å². The zero-order valence-electron chi connectivity index (χ0n) is 12.9. The molecule has 1 aromatic carbocycles. The molecule has 1 heterocycles. The molecule has 1 saturated heterocycles. The Morgan fingerprint density at radius 2 is 1.60 bits per heavy atom. The number of fused-ring (bicyclic) bond motifs is 2. The van der Waals surface area contributed by atoms with Crippen LogP contribution in [0.5, 0.6) is 0 Å². The normalized spacial score (nSPS) is 35.2. The van der Waals surface area contributed by atoms with E-state index in [0.717, 1.165) is 0 Å². The molecular formula is C18H24OS. The lowest BCUT2D eigenvalue weighted by Crippen LogP contribution is -2.52. The maximum absolute atomic E-state index is 6.81. The van der Waals surface area contributed by atoms with Gasteiger partial charge in [-0.25, -0.2) is 0 Å². The first-order valence-corrected chi connectivity index (χ1v) is 8.74. The predicted molar refractivity (Wildman–Crippen MR) is 85.3 cm³/mol. The maximum Gasteiger partial charge on any atom is 0.132 e. The van der Waals surface area contributed by atoms with Crippen LogP contribution in [-0.2, 0) is 15.6 Å². The summed E-state index contributed by atoms with van der Waals surface area (Å²) in [5.74, 6) is 0. The Morgan fingerprint density at radius 3 is 2.15 bits per heavy atom. The fourth-order valence-corrected chi connectivity index (χ4v) is 6.96. The van der Waals surface area contributed by atoms with E-state index in [0.29, 0.717) is 11.4 Å². The second-order valence-corrected chi connectivity index (χ2v) is 9.07. The highest BCUT2D eigenvalue weighted by atomic mass is 32.2. The highest BCUT2D eigenvalue weighted by Crippen LogP contribution is 2.68. The average Bonchev–Trinajstić information content (AvgIpc) is 3.00. The summed E-state index contributed by atoms with van der Waals surface area (Å²) < 4.78 is 6.81. The van der Waals surface area contributed by atoms with Crippen LogP contribution in [0.3, 0.4) is 0 Å². The van der Waals surface area contributed by atoms with Crippen LogP contribution in [-0.4, -0.2) is 16.3 Å². The Bertz CT molecular complexity index is 511. The molecule has 2 aliphatic carbocycles. The zero-order chi connectivity index (χ0) is 14.2. The van der Waals surface area contributed by atoms with Gasteiger partial charge in [0.1, 0.15) is 4.93 Å². The van der Waals surface area contributed by atoms with Crippen LogP contribution < -0.4 is 0 Å². The quantitative estimate of drug-likeness (QED) is 0.688. The van der Waals surface area contributed by atoms with Crippen molar-refractivity contribution >= 4 is 11.8 Å². The highest BCUT2D eigenvalue weighted by molar-refractivity contribution is 8.01. The van der Waals surface area contributed by atoms with Gasteiger partial charge in [0, 0.05) is 16.1 Å². The standard InChI is InChI=1S/C18H24OS/c1-16(2)12-8-5-6-9-13(12)17(3,4)18(16)19-14-10-7-11-15(14)20-18/h5-6,8-9,14-15H,7,10-11H2,1-4H3/t14-,15-/m1/s1. The SMILES string of the molecule is CC1(C)c2ccccc2C(C)(C)C12O[C@@H]1CCC[C@H]1S2. The fraction of sp³-hybridized carbons (Fsp3) is 0.667. The van der Waals surface area contributed by atoms with Crippen LogP contribution in [0.15, 0.2) is 24.3 Å². The van der Waals surface area contributed by atoms with Crippen LogP contribution in [0.4, 0.5) is 0 Å². The molecule has 0 unspecified atom stereocenters.